The summed E-state index contributed by atoms with van der Waals surface area (Å²) in [4.78, 5) is 1.21. The van der Waals surface area contributed by atoms with E-state index in [9.17, 15) is 16.8 Å². The summed E-state index contributed by atoms with van der Waals surface area (Å²) in [6.07, 6.45) is 0. The Morgan fingerprint density at radius 2 is 1.72 bits per heavy atom. The fraction of sp³-hybridized carbons (Fsp3) is 0.143. The van der Waals surface area contributed by atoms with E-state index in [-0.39, 0.29) is 9.13 Å². The monoisotopic (exact) mass is 405 g/mol. The van der Waals surface area contributed by atoms with Gasteiger partial charge in [-0.05, 0) is 29.5 Å². The smallest absolute Gasteiger partial charge is 0.282 e. The predicted molar refractivity (Wildman–Crippen MR) is 68.3 cm³/mol. The molecule has 98 valence electrons. The molecule has 1 aromatic carbocycles. The van der Waals surface area contributed by atoms with Gasteiger partial charge >= 0.3 is 5.69 Å². The number of benzene rings is 1. The van der Waals surface area contributed by atoms with Crippen molar-refractivity contribution in [2.24, 2.45) is 0 Å². The van der Waals surface area contributed by atoms with Crippen LogP contribution in [0.1, 0.15) is 5.56 Å². The van der Waals surface area contributed by atoms with Gasteiger partial charge in [0.05, 0.1) is 15.2 Å². The van der Waals surface area contributed by atoms with Crippen LogP contribution >= 0.6 is 22.6 Å². The van der Waals surface area contributed by atoms with Crippen LogP contribution in [0, 0.1) is 15.9 Å². The highest BCUT2D eigenvalue weighted by atomic mass is 127. The maximum absolute atomic E-state index is 11.2. The molecule has 18 heavy (non-hydrogen) atoms. The van der Waals surface area contributed by atoms with Gasteiger partial charge in [0.25, 0.3) is 20.2 Å². The van der Waals surface area contributed by atoms with Gasteiger partial charge in [0, 0.05) is 0 Å². The van der Waals surface area contributed by atoms with E-state index in [4.69, 9.17) is 14.5 Å². The van der Waals surface area contributed by atoms with Crippen molar-refractivity contribution < 1.29 is 25.9 Å². The van der Waals surface area contributed by atoms with E-state index in [0.717, 1.165) is 6.07 Å². The standard InChI is InChI=1S/C7H5IN2O6S2/c1-3-4(10-9)2-5(17(11,12)13)6(8)7(3)18(14,15)16/h2H,1H3,(H-,11,12,13,14,15,16)/p+1. The average Bonchev–Trinajstić information content (AvgIpc) is 2.13. The molecule has 0 radical (unpaired) electrons. The third-order valence-electron chi connectivity index (χ3n) is 2.05. The normalized spacial score (nSPS) is 12.2. The Morgan fingerprint density at radius 1 is 1.22 bits per heavy atom. The maximum atomic E-state index is 11.2. The van der Waals surface area contributed by atoms with Crippen LogP contribution < -0.4 is 0 Å². The van der Waals surface area contributed by atoms with Gasteiger partial charge in [0.15, 0.2) is 4.98 Å². The van der Waals surface area contributed by atoms with Crippen LogP contribution in [0.3, 0.4) is 0 Å². The highest BCUT2D eigenvalue weighted by Gasteiger charge is 2.31. The van der Waals surface area contributed by atoms with Crippen molar-refractivity contribution in [2.45, 2.75) is 16.7 Å². The van der Waals surface area contributed by atoms with Gasteiger partial charge in [-0.15, -0.1) is 0 Å². The first-order valence-electron chi connectivity index (χ1n) is 4.13. The zero-order valence-electron chi connectivity index (χ0n) is 8.69. The van der Waals surface area contributed by atoms with Gasteiger partial charge in [-0.25, -0.2) is 0 Å². The Morgan fingerprint density at radius 3 is 2.06 bits per heavy atom. The first-order valence-corrected chi connectivity index (χ1v) is 8.09. The fourth-order valence-electron chi connectivity index (χ4n) is 1.29. The molecule has 0 spiro atoms. The second-order valence-electron chi connectivity index (χ2n) is 3.21. The molecule has 0 amide bonds. The molecule has 2 N–H and O–H groups in total. The van der Waals surface area contributed by atoms with Crippen LogP contribution in [0.15, 0.2) is 15.9 Å². The second kappa shape index (κ2) is 4.70. The Hall–Kier alpha value is -0.810. The number of hydrogen-bond acceptors (Lipinski definition) is 5. The number of nitrogens with zero attached hydrogens (tertiary/aromatic N) is 2. The summed E-state index contributed by atoms with van der Waals surface area (Å²) >= 11 is 1.35. The summed E-state index contributed by atoms with van der Waals surface area (Å²) in [6, 6.07) is 0.793. The minimum atomic E-state index is -4.73. The highest BCUT2D eigenvalue weighted by Crippen LogP contribution is 2.34. The lowest BCUT2D eigenvalue weighted by molar-refractivity contribution is 0.479. The fourth-order valence-corrected chi connectivity index (χ4v) is 5.00. The Balaban J connectivity index is 4.03. The first kappa shape index (κ1) is 15.2. The van der Waals surface area contributed by atoms with Crippen molar-refractivity contribution in [1.82, 2.24) is 0 Å². The molecule has 0 heterocycles. The SMILES string of the molecule is Cc1c([N+]#N)cc(S(=O)(=O)O)c(I)c1S(=O)(=O)O. The van der Waals surface area contributed by atoms with Gasteiger partial charge in [-0.3, -0.25) is 9.11 Å². The van der Waals surface area contributed by atoms with E-state index in [1.54, 1.807) is 0 Å². The summed E-state index contributed by atoms with van der Waals surface area (Å²) in [5.74, 6) is 0. The lowest BCUT2D eigenvalue weighted by Gasteiger charge is -2.06. The van der Waals surface area contributed by atoms with Crippen molar-refractivity contribution in [1.29, 1.82) is 5.39 Å². The third kappa shape index (κ3) is 2.78. The van der Waals surface area contributed by atoms with Gasteiger partial charge in [-0.2, -0.15) is 16.8 Å². The largest absolute Gasteiger partial charge is 0.390 e. The molecule has 0 aliphatic rings. The van der Waals surface area contributed by atoms with Crippen LogP contribution in [-0.2, 0) is 20.2 Å². The van der Waals surface area contributed by atoms with Crippen molar-refractivity contribution >= 4 is 48.5 Å². The van der Waals surface area contributed by atoms with Crippen LogP contribution in [0.2, 0.25) is 0 Å². The minimum Gasteiger partial charge on any atom is -0.282 e. The second-order valence-corrected chi connectivity index (χ2v) is 7.04. The zero-order valence-corrected chi connectivity index (χ0v) is 12.5. The lowest BCUT2D eigenvalue weighted by Crippen LogP contribution is -2.09. The van der Waals surface area contributed by atoms with Crippen molar-refractivity contribution in [2.75, 3.05) is 0 Å². The topological polar surface area (TPSA) is 137 Å². The molecule has 0 atom stereocenters. The summed E-state index contributed by atoms with van der Waals surface area (Å²) in [6.45, 7) is 1.22. The zero-order chi connectivity index (χ0) is 14.3. The van der Waals surface area contributed by atoms with E-state index >= 15 is 0 Å². The molecule has 0 fully saturated rings. The van der Waals surface area contributed by atoms with E-state index in [0.29, 0.717) is 0 Å². The predicted octanol–water partition coefficient (Wildman–Crippen LogP) is 1.58. The van der Waals surface area contributed by atoms with Crippen molar-refractivity contribution in [3.63, 3.8) is 0 Å². The molecular formula is C7H6IN2O6S2+. The third-order valence-corrected chi connectivity index (χ3v) is 5.81. The number of rotatable bonds is 2. The van der Waals surface area contributed by atoms with E-state index in [1.807, 2.05) is 0 Å². The van der Waals surface area contributed by atoms with Gasteiger partial charge < -0.3 is 0 Å². The number of hydrogen-bond donors (Lipinski definition) is 2. The summed E-state index contributed by atoms with van der Waals surface area (Å²) in [5, 5.41) is 8.66. The molecule has 0 saturated heterocycles. The molecule has 0 aliphatic carbocycles. The van der Waals surface area contributed by atoms with Crippen molar-refractivity contribution in [3.8, 4) is 0 Å². The van der Waals surface area contributed by atoms with Crippen molar-refractivity contribution in [3.05, 3.63) is 20.2 Å². The maximum Gasteiger partial charge on any atom is 0.390 e. The molecule has 1 rings (SSSR count). The summed E-state index contributed by atoms with van der Waals surface area (Å²) in [7, 11) is -9.45. The Kier molecular flexibility index (Phi) is 3.98. The van der Waals surface area contributed by atoms with Gasteiger partial charge in [0.2, 0.25) is 5.39 Å². The quantitative estimate of drug-likeness (QED) is 0.433. The lowest BCUT2D eigenvalue weighted by atomic mass is 10.2. The van der Waals surface area contributed by atoms with Crippen LogP contribution in [-0.4, -0.2) is 25.9 Å². The molecule has 8 nitrogen and oxygen atoms in total. The molecule has 0 aliphatic heterocycles. The average molecular weight is 405 g/mol. The van der Waals surface area contributed by atoms with Gasteiger partial charge in [0.1, 0.15) is 9.79 Å². The number of diazo groups is 1. The van der Waals surface area contributed by atoms with Crippen LogP contribution in [0.4, 0.5) is 5.69 Å². The van der Waals surface area contributed by atoms with Crippen LogP contribution in [0.25, 0.3) is 4.98 Å². The summed E-state index contributed by atoms with van der Waals surface area (Å²) in [5.41, 5.74) is -0.535. The van der Waals surface area contributed by atoms with Crippen LogP contribution in [0.5, 0.6) is 0 Å². The Bertz CT molecular complexity index is 762. The molecule has 11 heteroatoms. The van der Waals surface area contributed by atoms with E-state index in [1.165, 1.54) is 29.5 Å². The molecule has 1 aromatic rings. The molecule has 0 saturated carbocycles. The number of halogens is 1. The van der Waals surface area contributed by atoms with Gasteiger partial charge in [-0.1, -0.05) is 0 Å². The minimum absolute atomic E-state index is 0.142. The molecule has 0 bridgehead atoms. The molecule has 0 unspecified atom stereocenters. The first-order chi connectivity index (χ1) is 8.00. The summed E-state index contributed by atoms with van der Waals surface area (Å²) < 4.78 is 62.1. The highest BCUT2D eigenvalue weighted by molar-refractivity contribution is 14.1. The molecular weight excluding hydrogens is 399 g/mol. The Labute approximate surface area is 116 Å². The van der Waals surface area contributed by atoms with E-state index < -0.39 is 35.7 Å². The molecule has 0 aromatic heterocycles. The van der Waals surface area contributed by atoms with E-state index in [2.05, 4.69) is 4.98 Å².